The van der Waals surface area contributed by atoms with Gasteiger partial charge in [-0.2, -0.15) is 0 Å². The van der Waals surface area contributed by atoms with Crippen LogP contribution in [0.5, 0.6) is 0 Å². The van der Waals surface area contributed by atoms with Crippen molar-refractivity contribution in [1.29, 1.82) is 0 Å². The quantitative estimate of drug-likeness (QED) is 0.516. The zero-order valence-electron chi connectivity index (χ0n) is 24.6. The fourth-order valence-electron chi connectivity index (χ4n) is 7.62. The molecule has 4 saturated heterocycles. The largest absolute Gasteiger partial charge is 0.338 e. The third-order valence-corrected chi connectivity index (χ3v) is 11.2. The molecule has 2 aromatic rings. The van der Waals surface area contributed by atoms with Crippen molar-refractivity contribution >= 4 is 21.7 Å². The van der Waals surface area contributed by atoms with Gasteiger partial charge in [-0.25, -0.2) is 17.2 Å². The molecule has 4 aliphatic rings. The van der Waals surface area contributed by atoms with Gasteiger partial charge in [0.2, 0.25) is 11.8 Å². The molecule has 11 heteroatoms. The van der Waals surface area contributed by atoms with Gasteiger partial charge in [0.1, 0.15) is 0 Å². The zero-order chi connectivity index (χ0) is 30.4. The molecule has 0 aliphatic carbocycles. The average Bonchev–Trinajstić information content (AvgIpc) is 3.69. The third kappa shape index (κ3) is 6.08. The van der Waals surface area contributed by atoms with Crippen molar-refractivity contribution in [3.05, 3.63) is 65.7 Å². The summed E-state index contributed by atoms with van der Waals surface area (Å²) in [5.41, 5.74) is 1.52. The van der Waals surface area contributed by atoms with Crippen LogP contribution in [0, 0.1) is 11.3 Å². The van der Waals surface area contributed by atoms with Crippen LogP contribution >= 0.6 is 0 Å². The lowest BCUT2D eigenvalue weighted by Crippen LogP contribution is -2.57. The van der Waals surface area contributed by atoms with Gasteiger partial charge >= 0.3 is 0 Å². The summed E-state index contributed by atoms with van der Waals surface area (Å²) >= 11 is 0. The summed E-state index contributed by atoms with van der Waals surface area (Å²) in [4.78, 5) is 33.4. The van der Waals surface area contributed by atoms with Crippen LogP contribution in [0.2, 0.25) is 0 Å². The van der Waals surface area contributed by atoms with Crippen molar-refractivity contribution in [3.8, 4) is 0 Å². The highest BCUT2D eigenvalue weighted by atomic mass is 32.2. The number of sulfone groups is 1. The molecule has 0 aromatic heterocycles. The van der Waals surface area contributed by atoms with Crippen LogP contribution in [0.4, 0.5) is 8.78 Å². The standard InChI is InChI=1S/C32H40F2N4O4S/c1-43(41,42)25-9-7-23(8-10-25)21-37-17-13-31(30(37)40)11-15-36(16-12-31)28(29(39)38-18-14-32(33,34)22-38)27-20-35-19-26(27)24-5-3-2-4-6-24/h2-10,26-28,35H,11-22H2,1H3/t26-,27-,28?/m1/s1. The molecule has 1 unspecified atom stereocenters. The van der Waals surface area contributed by atoms with E-state index < -0.39 is 33.8 Å². The summed E-state index contributed by atoms with van der Waals surface area (Å²) in [5.74, 6) is -2.95. The summed E-state index contributed by atoms with van der Waals surface area (Å²) in [6, 6.07) is 16.2. The summed E-state index contributed by atoms with van der Waals surface area (Å²) in [5, 5.41) is 3.46. The monoisotopic (exact) mass is 614 g/mol. The number of carbonyl (C=O) groups is 2. The Morgan fingerprint density at radius 2 is 1.63 bits per heavy atom. The van der Waals surface area contributed by atoms with E-state index in [0.29, 0.717) is 45.6 Å². The molecule has 2 aromatic carbocycles. The highest BCUT2D eigenvalue weighted by molar-refractivity contribution is 7.90. The molecule has 232 valence electrons. The van der Waals surface area contributed by atoms with Crippen LogP contribution in [0.3, 0.4) is 0 Å². The molecule has 0 radical (unpaired) electrons. The molecule has 0 saturated carbocycles. The number of rotatable bonds is 7. The minimum absolute atomic E-state index is 0.0644. The minimum atomic E-state index is -3.29. The van der Waals surface area contributed by atoms with Gasteiger partial charge in [-0.05, 0) is 55.6 Å². The molecule has 4 fully saturated rings. The van der Waals surface area contributed by atoms with Crippen LogP contribution in [0.15, 0.2) is 59.5 Å². The number of nitrogens with zero attached hydrogens (tertiary/aromatic N) is 3. The van der Waals surface area contributed by atoms with E-state index >= 15 is 0 Å². The second kappa shape index (κ2) is 11.6. The Morgan fingerprint density at radius 1 is 0.953 bits per heavy atom. The molecular weight excluding hydrogens is 574 g/mol. The molecule has 2 amide bonds. The smallest absolute Gasteiger partial charge is 0.267 e. The average molecular weight is 615 g/mol. The maximum atomic E-state index is 14.2. The number of nitrogens with one attached hydrogen (secondary N) is 1. The summed E-state index contributed by atoms with van der Waals surface area (Å²) in [7, 11) is -3.29. The summed E-state index contributed by atoms with van der Waals surface area (Å²) in [6.45, 7) is 3.05. The van der Waals surface area contributed by atoms with E-state index in [1.807, 2.05) is 23.1 Å². The van der Waals surface area contributed by atoms with Crippen molar-refractivity contribution in [1.82, 2.24) is 20.0 Å². The summed E-state index contributed by atoms with van der Waals surface area (Å²) < 4.78 is 52.0. The Kier molecular flexibility index (Phi) is 8.10. The van der Waals surface area contributed by atoms with Gasteiger partial charge in [-0.3, -0.25) is 14.5 Å². The zero-order valence-corrected chi connectivity index (χ0v) is 25.4. The Labute approximate surface area is 252 Å². The first-order chi connectivity index (χ1) is 20.5. The molecule has 6 rings (SSSR count). The van der Waals surface area contributed by atoms with Crippen molar-refractivity contribution in [2.24, 2.45) is 11.3 Å². The number of benzene rings is 2. The van der Waals surface area contributed by atoms with Crippen molar-refractivity contribution in [2.45, 2.75) is 55.0 Å². The lowest BCUT2D eigenvalue weighted by atomic mass is 9.75. The second-order valence-corrected chi connectivity index (χ2v) is 14.9. The molecule has 8 nitrogen and oxygen atoms in total. The first-order valence-corrected chi connectivity index (χ1v) is 17.1. The maximum absolute atomic E-state index is 14.2. The predicted octanol–water partition coefficient (Wildman–Crippen LogP) is 3.14. The van der Waals surface area contributed by atoms with Gasteiger partial charge < -0.3 is 15.1 Å². The SMILES string of the molecule is CS(=O)(=O)c1ccc(CN2CCC3(CCN(C(C(=O)N4CCC(F)(F)C4)[C@@H]4CNC[C@@H]4c4ccccc4)CC3)C2=O)cc1. The number of piperidine rings is 1. The maximum Gasteiger partial charge on any atom is 0.267 e. The van der Waals surface area contributed by atoms with E-state index in [1.54, 1.807) is 24.3 Å². The van der Waals surface area contributed by atoms with Gasteiger partial charge in [0.25, 0.3) is 5.92 Å². The predicted molar refractivity (Wildman–Crippen MR) is 158 cm³/mol. The van der Waals surface area contributed by atoms with Crippen LogP contribution in [0.25, 0.3) is 0 Å². The highest BCUT2D eigenvalue weighted by Gasteiger charge is 2.52. The topological polar surface area (TPSA) is 90.0 Å². The fraction of sp³-hybridized carbons (Fsp3) is 0.562. The minimum Gasteiger partial charge on any atom is -0.338 e. The van der Waals surface area contributed by atoms with E-state index in [0.717, 1.165) is 24.1 Å². The Morgan fingerprint density at radius 3 is 2.26 bits per heavy atom. The van der Waals surface area contributed by atoms with Crippen LogP contribution < -0.4 is 5.32 Å². The van der Waals surface area contributed by atoms with E-state index in [4.69, 9.17) is 0 Å². The first-order valence-electron chi connectivity index (χ1n) is 15.2. The number of amides is 2. The number of halogens is 2. The fourth-order valence-corrected chi connectivity index (χ4v) is 8.25. The number of alkyl halides is 2. The van der Waals surface area contributed by atoms with Gasteiger partial charge in [-0.1, -0.05) is 42.5 Å². The van der Waals surface area contributed by atoms with Gasteiger partial charge in [-0.15, -0.1) is 0 Å². The molecule has 0 bridgehead atoms. The Hall–Kier alpha value is -2.89. The third-order valence-electron chi connectivity index (χ3n) is 10.1. The first kappa shape index (κ1) is 30.1. The van der Waals surface area contributed by atoms with Crippen molar-refractivity contribution in [2.75, 3.05) is 52.1 Å². The van der Waals surface area contributed by atoms with Gasteiger partial charge in [0, 0.05) is 57.2 Å². The molecule has 43 heavy (non-hydrogen) atoms. The number of carbonyl (C=O) groups excluding carboxylic acids is 2. The summed E-state index contributed by atoms with van der Waals surface area (Å²) in [6.07, 6.45) is 2.83. The normalized spacial score (nSPS) is 26.3. The van der Waals surface area contributed by atoms with Gasteiger partial charge in [0.05, 0.1) is 22.9 Å². The highest BCUT2D eigenvalue weighted by Crippen LogP contribution is 2.44. The lowest BCUT2D eigenvalue weighted by molar-refractivity contribution is -0.143. The number of likely N-dealkylation sites (tertiary alicyclic amines) is 3. The molecule has 4 heterocycles. The molecular formula is C32H40F2N4O4S. The Balaban J connectivity index is 1.17. The van der Waals surface area contributed by atoms with E-state index in [9.17, 15) is 26.8 Å². The van der Waals surface area contributed by atoms with Crippen LogP contribution in [0.1, 0.15) is 42.7 Å². The molecule has 4 aliphatic heterocycles. The molecule has 3 atom stereocenters. The van der Waals surface area contributed by atoms with E-state index in [-0.39, 0.29) is 41.5 Å². The van der Waals surface area contributed by atoms with Gasteiger partial charge in [0.15, 0.2) is 9.84 Å². The number of hydrogen-bond donors (Lipinski definition) is 1. The van der Waals surface area contributed by atoms with Crippen LogP contribution in [-0.4, -0.2) is 99.0 Å². The van der Waals surface area contributed by atoms with E-state index in [1.165, 1.54) is 11.2 Å². The molecule has 1 spiro atoms. The van der Waals surface area contributed by atoms with Crippen molar-refractivity contribution < 1.29 is 26.8 Å². The van der Waals surface area contributed by atoms with Crippen LogP contribution in [-0.2, 0) is 26.0 Å². The van der Waals surface area contributed by atoms with E-state index in [2.05, 4.69) is 22.3 Å². The second-order valence-electron chi connectivity index (χ2n) is 12.9. The molecule has 1 N–H and O–H groups in total. The lowest BCUT2D eigenvalue weighted by Gasteiger charge is -2.44. The Bertz CT molecular complexity index is 1450. The van der Waals surface area contributed by atoms with Crippen molar-refractivity contribution in [3.63, 3.8) is 0 Å². The number of hydrogen-bond acceptors (Lipinski definition) is 6.